The number of nitrogens with zero attached hydrogens (tertiary/aromatic N) is 1. The van der Waals surface area contributed by atoms with Gasteiger partial charge in [-0.2, -0.15) is 5.26 Å². The average Bonchev–Trinajstić information content (AvgIpc) is 2.51. The Morgan fingerprint density at radius 1 is 1.22 bits per heavy atom. The number of nitriles is 1. The summed E-state index contributed by atoms with van der Waals surface area (Å²) in [5.41, 5.74) is 2.99. The summed E-state index contributed by atoms with van der Waals surface area (Å²) >= 11 is 0. The maximum absolute atomic E-state index is 9.42. The van der Waals surface area contributed by atoms with Crippen molar-refractivity contribution in [2.75, 3.05) is 13.2 Å². The lowest BCUT2D eigenvalue weighted by Gasteiger charge is -2.54. The van der Waals surface area contributed by atoms with Crippen molar-refractivity contribution >= 4 is 8.07 Å². The molecule has 1 unspecified atom stereocenters. The summed E-state index contributed by atoms with van der Waals surface area (Å²) in [6.45, 7) is 9.84. The van der Waals surface area contributed by atoms with E-state index in [1.165, 1.54) is 0 Å². The van der Waals surface area contributed by atoms with Crippen LogP contribution in [0.1, 0.15) is 32.6 Å². The first-order chi connectivity index (χ1) is 10.8. The zero-order chi connectivity index (χ0) is 17.0. The fourth-order valence-corrected chi connectivity index (χ4v) is 3.43. The lowest BCUT2D eigenvalue weighted by Crippen LogP contribution is -2.64. The minimum Gasteiger partial charge on any atom is -0.327 e. The zero-order valence-electron chi connectivity index (χ0n) is 14.6. The van der Waals surface area contributed by atoms with Crippen molar-refractivity contribution in [2.24, 2.45) is 5.41 Å². The van der Waals surface area contributed by atoms with Gasteiger partial charge >= 0.3 is 0 Å². The van der Waals surface area contributed by atoms with Crippen molar-refractivity contribution in [3.8, 4) is 17.5 Å². The highest BCUT2D eigenvalue weighted by molar-refractivity contribution is 6.83. The van der Waals surface area contributed by atoms with E-state index in [4.69, 9.17) is 14.2 Å². The van der Waals surface area contributed by atoms with Gasteiger partial charge < -0.3 is 14.2 Å². The van der Waals surface area contributed by atoms with Crippen LogP contribution >= 0.6 is 0 Å². The molecule has 3 rings (SSSR count). The smallest absolute Gasteiger partial charge is 0.284 e. The molecule has 3 aliphatic rings. The predicted octanol–water partition coefficient (Wildman–Crippen LogP) is 3.61. The first-order valence-electron chi connectivity index (χ1n) is 8.38. The molecule has 0 aromatic rings. The van der Waals surface area contributed by atoms with Gasteiger partial charge in [-0.15, -0.1) is 5.54 Å². The Bertz CT molecular complexity index is 539. The molecule has 3 heterocycles. The van der Waals surface area contributed by atoms with Crippen LogP contribution in [-0.4, -0.2) is 33.4 Å². The molecule has 5 heteroatoms. The van der Waals surface area contributed by atoms with Crippen molar-refractivity contribution in [2.45, 2.75) is 64.3 Å². The Balaban J connectivity index is 1.91. The molecule has 3 fully saturated rings. The van der Waals surface area contributed by atoms with E-state index in [9.17, 15) is 5.26 Å². The topological polar surface area (TPSA) is 51.5 Å². The van der Waals surface area contributed by atoms with Crippen molar-refractivity contribution in [3.05, 3.63) is 12.2 Å². The van der Waals surface area contributed by atoms with Gasteiger partial charge in [0.1, 0.15) is 8.07 Å². The van der Waals surface area contributed by atoms with Crippen LogP contribution in [0.3, 0.4) is 0 Å². The maximum Gasteiger partial charge on any atom is 0.284 e. The van der Waals surface area contributed by atoms with Gasteiger partial charge in [-0.05, 0) is 18.9 Å². The molecule has 0 spiro atoms. The van der Waals surface area contributed by atoms with Crippen molar-refractivity contribution in [1.29, 1.82) is 5.26 Å². The van der Waals surface area contributed by atoms with Crippen molar-refractivity contribution in [1.82, 2.24) is 0 Å². The van der Waals surface area contributed by atoms with E-state index in [1.807, 2.05) is 12.2 Å². The average molecular weight is 334 g/mol. The molecule has 4 nitrogen and oxygen atoms in total. The molecule has 0 aromatic heterocycles. The van der Waals surface area contributed by atoms with Gasteiger partial charge in [0.2, 0.25) is 0 Å². The van der Waals surface area contributed by atoms with Gasteiger partial charge in [-0.3, -0.25) is 0 Å². The van der Waals surface area contributed by atoms with Crippen LogP contribution in [0.15, 0.2) is 12.2 Å². The Kier molecular flexibility index (Phi) is 5.70. The number of ether oxygens (including phenoxy) is 3. The lowest BCUT2D eigenvalue weighted by atomic mass is 9.78. The molecule has 3 saturated heterocycles. The van der Waals surface area contributed by atoms with Gasteiger partial charge in [0, 0.05) is 6.42 Å². The van der Waals surface area contributed by atoms with E-state index in [0.717, 1.165) is 19.3 Å². The third-order valence-electron chi connectivity index (χ3n) is 4.14. The van der Waals surface area contributed by atoms with Gasteiger partial charge in [0.05, 0.1) is 24.7 Å². The molecule has 3 aliphatic heterocycles. The summed E-state index contributed by atoms with van der Waals surface area (Å²) in [6, 6.07) is 2.30. The Hall–Kier alpha value is -1.11. The van der Waals surface area contributed by atoms with Gasteiger partial charge in [0.25, 0.3) is 5.97 Å². The minimum absolute atomic E-state index is 0.302. The van der Waals surface area contributed by atoms with Crippen LogP contribution in [0.25, 0.3) is 0 Å². The summed E-state index contributed by atoms with van der Waals surface area (Å²) in [7, 11) is -1.32. The van der Waals surface area contributed by atoms with E-state index in [-0.39, 0.29) is 5.41 Å². The molecular formula is C18H27NO3Si. The molecule has 2 bridgehead atoms. The van der Waals surface area contributed by atoms with Crippen LogP contribution in [-0.2, 0) is 14.2 Å². The summed E-state index contributed by atoms with van der Waals surface area (Å²) < 4.78 is 17.6. The van der Waals surface area contributed by atoms with Crippen molar-refractivity contribution < 1.29 is 14.2 Å². The molecule has 0 saturated carbocycles. The molecule has 0 aliphatic carbocycles. The summed E-state index contributed by atoms with van der Waals surface area (Å²) in [4.78, 5) is 0. The van der Waals surface area contributed by atoms with E-state index in [2.05, 4.69) is 44.1 Å². The van der Waals surface area contributed by atoms with E-state index in [0.29, 0.717) is 19.6 Å². The fraction of sp³-hybridized carbons (Fsp3) is 0.722. The first kappa shape index (κ1) is 18.2. The highest BCUT2D eigenvalue weighted by Gasteiger charge is 2.57. The number of allylic oxidation sites excluding steroid dienone is 2. The van der Waals surface area contributed by atoms with Gasteiger partial charge in [0.15, 0.2) is 6.10 Å². The minimum atomic E-state index is -1.32. The molecule has 1 atom stereocenters. The van der Waals surface area contributed by atoms with Crippen LogP contribution < -0.4 is 0 Å². The first-order valence-corrected chi connectivity index (χ1v) is 11.9. The lowest BCUT2D eigenvalue weighted by molar-refractivity contribution is -0.482. The molecule has 0 radical (unpaired) electrons. The fourth-order valence-electron chi connectivity index (χ4n) is 2.92. The summed E-state index contributed by atoms with van der Waals surface area (Å²) in [5, 5.41) is 9.42. The Labute approximate surface area is 140 Å². The monoisotopic (exact) mass is 333 g/mol. The number of rotatable bonds is 5. The molecule has 126 valence electrons. The SMILES string of the molecule is CCCC12COC(CC/C=C\C#C[Si](C)(C)C)(OC1)OC2C#N. The third-order valence-corrected chi connectivity index (χ3v) is 5.04. The second-order valence-corrected chi connectivity index (χ2v) is 12.2. The van der Waals surface area contributed by atoms with E-state index >= 15 is 0 Å². The quantitative estimate of drug-likeness (QED) is 0.570. The van der Waals surface area contributed by atoms with E-state index < -0.39 is 20.2 Å². The normalized spacial score (nSPS) is 33.3. The number of hydrogen-bond donors (Lipinski definition) is 0. The molecule has 23 heavy (non-hydrogen) atoms. The second kappa shape index (κ2) is 7.19. The van der Waals surface area contributed by atoms with Crippen LogP contribution in [0.5, 0.6) is 0 Å². The number of hydrogen-bond acceptors (Lipinski definition) is 4. The zero-order valence-corrected chi connectivity index (χ0v) is 15.6. The van der Waals surface area contributed by atoms with Crippen molar-refractivity contribution in [3.63, 3.8) is 0 Å². The number of fused-ring (bicyclic) bond motifs is 3. The Morgan fingerprint density at radius 2 is 1.91 bits per heavy atom. The predicted molar refractivity (Wildman–Crippen MR) is 92.0 cm³/mol. The molecule has 0 aromatic carbocycles. The second-order valence-electron chi connectivity index (χ2n) is 7.46. The molecule has 0 amide bonds. The van der Waals surface area contributed by atoms with Gasteiger partial charge in [-0.1, -0.05) is 45.0 Å². The van der Waals surface area contributed by atoms with E-state index in [1.54, 1.807) is 0 Å². The van der Waals surface area contributed by atoms with Crippen LogP contribution in [0.4, 0.5) is 0 Å². The van der Waals surface area contributed by atoms with Crippen LogP contribution in [0, 0.1) is 28.2 Å². The molecule has 0 N–H and O–H groups in total. The van der Waals surface area contributed by atoms with Crippen LogP contribution in [0.2, 0.25) is 19.6 Å². The highest BCUT2D eigenvalue weighted by atomic mass is 28.3. The molecular weight excluding hydrogens is 306 g/mol. The Morgan fingerprint density at radius 3 is 2.48 bits per heavy atom. The maximum atomic E-state index is 9.42. The standard InChI is InChI=1S/C18H27NO3Si/c1-5-10-17-14-20-18(21-15-17,22-16(17)13-19)11-8-6-7-9-12-23(2,3)4/h6-7,16H,5,8,10-11,14-15H2,1-4H3/b7-6-. The summed E-state index contributed by atoms with van der Waals surface area (Å²) in [6.07, 6.45) is 6.66. The highest BCUT2D eigenvalue weighted by Crippen LogP contribution is 2.47. The third kappa shape index (κ3) is 4.46. The summed E-state index contributed by atoms with van der Waals surface area (Å²) in [5.74, 6) is 2.05. The largest absolute Gasteiger partial charge is 0.327 e. The van der Waals surface area contributed by atoms with Gasteiger partial charge in [-0.25, -0.2) is 0 Å².